The number of anilines is 1. The van der Waals surface area contributed by atoms with E-state index >= 15 is 0 Å². The number of aromatic nitrogens is 2. The van der Waals surface area contributed by atoms with Crippen LogP contribution in [0.5, 0.6) is 0 Å². The molecule has 1 saturated carbocycles. The van der Waals surface area contributed by atoms with Gasteiger partial charge in [0.25, 0.3) is 0 Å². The number of guanidine groups is 1. The van der Waals surface area contributed by atoms with Gasteiger partial charge in [-0.1, -0.05) is 12.1 Å². The molecule has 2 aromatic rings. The molecular formula is C23H25F5N8. The minimum atomic E-state index is -4.66. The molecule has 3 aliphatic rings. The van der Waals surface area contributed by atoms with Crippen molar-refractivity contribution in [3.63, 3.8) is 0 Å². The van der Waals surface area contributed by atoms with Gasteiger partial charge in [-0.25, -0.2) is 28.7 Å². The second kappa shape index (κ2) is 8.95. The predicted octanol–water partition coefficient (Wildman–Crippen LogP) is 3.12. The lowest BCUT2D eigenvalue weighted by atomic mass is 9.98. The number of hydrogen-bond donors (Lipinski definition) is 3. The summed E-state index contributed by atoms with van der Waals surface area (Å²) in [5.74, 6) is -4.43. The first-order chi connectivity index (χ1) is 17.0. The van der Waals surface area contributed by atoms with E-state index in [0.29, 0.717) is 19.5 Å². The summed E-state index contributed by atoms with van der Waals surface area (Å²) in [4.78, 5) is 19.1. The predicted molar refractivity (Wildman–Crippen MR) is 124 cm³/mol. The molecular weight excluding hydrogens is 483 g/mol. The van der Waals surface area contributed by atoms with Gasteiger partial charge in [0.05, 0.1) is 6.04 Å². The number of halogens is 5. The maximum Gasteiger partial charge on any atom is 0.433 e. The van der Waals surface area contributed by atoms with Gasteiger partial charge in [-0.05, 0) is 37.1 Å². The summed E-state index contributed by atoms with van der Waals surface area (Å²) < 4.78 is 67.8. The largest absolute Gasteiger partial charge is 0.433 e. The zero-order valence-corrected chi connectivity index (χ0v) is 19.1. The first kappa shape index (κ1) is 24.3. The van der Waals surface area contributed by atoms with Gasteiger partial charge in [0.2, 0.25) is 5.92 Å². The summed E-state index contributed by atoms with van der Waals surface area (Å²) in [5, 5.41) is 5.83. The summed E-state index contributed by atoms with van der Waals surface area (Å²) in [6.45, 7) is 1.26. The fourth-order valence-corrected chi connectivity index (χ4v) is 4.78. The fraction of sp³-hybridized carbons (Fsp3) is 0.478. The van der Waals surface area contributed by atoms with Crippen molar-refractivity contribution >= 4 is 17.6 Å². The molecule has 1 saturated heterocycles. The number of aliphatic imine (C=N–C) groups is 2. The average molecular weight is 508 g/mol. The number of alkyl halides is 5. The first-order valence-electron chi connectivity index (χ1n) is 11.6. The minimum Gasteiger partial charge on any atom is -0.354 e. The number of nitrogens with zero attached hydrogens (tertiary/aromatic N) is 5. The van der Waals surface area contributed by atoms with Gasteiger partial charge < -0.3 is 15.5 Å². The summed E-state index contributed by atoms with van der Waals surface area (Å²) >= 11 is 0. The Morgan fingerprint density at radius 1 is 1.11 bits per heavy atom. The van der Waals surface area contributed by atoms with Crippen LogP contribution in [0.1, 0.15) is 37.1 Å². The summed E-state index contributed by atoms with van der Waals surface area (Å²) in [7, 11) is 0. The zero-order chi connectivity index (χ0) is 25.6. The number of amidine groups is 1. The average Bonchev–Trinajstić information content (AvgIpc) is 3.45. The van der Waals surface area contributed by atoms with E-state index in [1.807, 2.05) is 18.2 Å². The molecule has 0 bridgehead atoms. The van der Waals surface area contributed by atoms with Gasteiger partial charge in [-0.2, -0.15) is 13.2 Å². The van der Waals surface area contributed by atoms with Crippen molar-refractivity contribution in [2.75, 3.05) is 18.0 Å². The smallest absolute Gasteiger partial charge is 0.354 e. The molecule has 3 unspecified atom stereocenters. The third-order valence-corrected chi connectivity index (χ3v) is 6.61. The number of pyridine rings is 2. The molecule has 0 amide bonds. The van der Waals surface area contributed by atoms with E-state index in [1.54, 1.807) is 6.20 Å². The molecule has 13 heteroatoms. The highest BCUT2D eigenvalue weighted by Crippen LogP contribution is 2.43. The zero-order valence-electron chi connectivity index (χ0n) is 19.1. The van der Waals surface area contributed by atoms with Gasteiger partial charge in [-0.15, -0.1) is 0 Å². The Balaban J connectivity index is 1.45. The summed E-state index contributed by atoms with van der Waals surface area (Å²) in [5.41, 5.74) is 5.29. The lowest BCUT2D eigenvalue weighted by Gasteiger charge is -2.38. The van der Waals surface area contributed by atoms with Crippen LogP contribution in [0.15, 0.2) is 52.6 Å². The van der Waals surface area contributed by atoms with Gasteiger partial charge in [0.1, 0.15) is 17.2 Å². The van der Waals surface area contributed by atoms with Crippen molar-refractivity contribution in [2.24, 2.45) is 21.6 Å². The Bertz CT molecular complexity index is 1170. The van der Waals surface area contributed by atoms with Crippen molar-refractivity contribution in [3.05, 3.63) is 54.0 Å². The molecule has 8 nitrogen and oxygen atoms in total. The SMILES string of the molecule is NC1(C2CCC(F)(F)C2)N=C(c2cccc(C(F)(F)F)n2)NC(=NC2CCN(c3ccccn3)C2)N1. The van der Waals surface area contributed by atoms with E-state index < -0.39 is 35.9 Å². The normalized spacial score (nSPS) is 29.1. The van der Waals surface area contributed by atoms with E-state index in [2.05, 4.69) is 35.5 Å². The monoisotopic (exact) mass is 508 g/mol. The molecule has 4 N–H and O–H groups in total. The molecule has 5 rings (SSSR count). The number of rotatable bonds is 4. The topological polar surface area (TPSA) is 104 Å². The van der Waals surface area contributed by atoms with Gasteiger partial charge in [0, 0.05) is 38.0 Å². The molecule has 2 aromatic heterocycles. The highest BCUT2D eigenvalue weighted by Gasteiger charge is 2.50. The molecule has 0 aromatic carbocycles. The van der Waals surface area contributed by atoms with Gasteiger partial charge in [-0.3, -0.25) is 5.73 Å². The van der Waals surface area contributed by atoms with E-state index in [9.17, 15) is 22.0 Å². The second-order valence-electron chi connectivity index (χ2n) is 9.29. The lowest BCUT2D eigenvalue weighted by Crippen LogP contribution is -2.66. The first-order valence-corrected chi connectivity index (χ1v) is 11.6. The Kier molecular flexibility index (Phi) is 6.05. The molecule has 36 heavy (non-hydrogen) atoms. The number of nitrogens with two attached hydrogens (primary N) is 1. The molecule has 1 aliphatic carbocycles. The van der Waals surface area contributed by atoms with Gasteiger partial charge >= 0.3 is 6.18 Å². The van der Waals surface area contributed by atoms with Crippen LogP contribution in [-0.2, 0) is 6.18 Å². The van der Waals surface area contributed by atoms with Gasteiger partial charge in [0.15, 0.2) is 17.6 Å². The van der Waals surface area contributed by atoms with Crippen LogP contribution in [-0.4, -0.2) is 52.6 Å². The maximum atomic E-state index is 14.0. The highest BCUT2D eigenvalue weighted by atomic mass is 19.4. The van der Waals surface area contributed by atoms with Crippen LogP contribution in [0, 0.1) is 5.92 Å². The third kappa shape index (κ3) is 5.11. The standard InChI is InChI=1S/C23H25F5N8/c24-21(25)9-7-14(12-21)23(29)34-19(16-4-3-5-17(32-16)22(26,27)28)33-20(35-23)31-15-8-11-36(13-15)18-6-1-2-10-30-18/h1-6,10,14-15H,7-9,11-13,29H2,(H2,31,33,34,35). The van der Waals surface area contributed by atoms with Crippen LogP contribution in [0.25, 0.3) is 0 Å². The van der Waals surface area contributed by atoms with Crippen LogP contribution >= 0.6 is 0 Å². The fourth-order valence-electron chi connectivity index (χ4n) is 4.78. The summed E-state index contributed by atoms with van der Waals surface area (Å²) in [6, 6.07) is 8.81. The van der Waals surface area contributed by atoms with Crippen molar-refractivity contribution in [1.82, 2.24) is 20.6 Å². The Hall–Kier alpha value is -3.35. The third-order valence-electron chi connectivity index (χ3n) is 6.61. The van der Waals surface area contributed by atoms with Crippen molar-refractivity contribution in [1.29, 1.82) is 0 Å². The highest BCUT2D eigenvalue weighted by molar-refractivity contribution is 6.09. The van der Waals surface area contributed by atoms with Crippen molar-refractivity contribution in [2.45, 2.75) is 49.6 Å². The van der Waals surface area contributed by atoms with E-state index in [1.165, 1.54) is 12.1 Å². The van der Waals surface area contributed by atoms with Crippen LogP contribution in [0.2, 0.25) is 0 Å². The Labute approximate surface area is 203 Å². The molecule has 192 valence electrons. The number of nitrogens with one attached hydrogen (secondary N) is 2. The number of hydrogen-bond acceptors (Lipinski definition) is 6. The minimum absolute atomic E-state index is 0.0594. The van der Waals surface area contributed by atoms with E-state index in [0.717, 1.165) is 11.9 Å². The van der Waals surface area contributed by atoms with Crippen LogP contribution in [0.4, 0.5) is 27.8 Å². The molecule has 2 fully saturated rings. The van der Waals surface area contributed by atoms with E-state index in [4.69, 9.17) is 5.73 Å². The molecule has 4 heterocycles. The molecule has 0 radical (unpaired) electrons. The Morgan fingerprint density at radius 2 is 1.94 bits per heavy atom. The molecule has 2 aliphatic heterocycles. The lowest BCUT2D eigenvalue weighted by molar-refractivity contribution is -0.141. The van der Waals surface area contributed by atoms with Crippen LogP contribution in [0.3, 0.4) is 0 Å². The summed E-state index contributed by atoms with van der Waals surface area (Å²) in [6.07, 6.45) is -3.00. The Morgan fingerprint density at radius 3 is 2.64 bits per heavy atom. The molecule has 0 spiro atoms. The maximum absolute atomic E-state index is 14.0. The van der Waals surface area contributed by atoms with Crippen LogP contribution < -0.4 is 21.3 Å². The van der Waals surface area contributed by atoms with Crippen molar-refractivity contribution in [3.8, 4) is 0 Å². The van der Waals surface area contributed by atoms with E-state index in [-0.39, 0.29) is 36.4 Å². The molecule has 3 atom stereocenters. The van der Waals surface area contributed by atoms with Crippen molar-refractivity contribution < 1.29 is 22.0 Å². The quantitative estimate of drug-likeness (QED) is 0.549. The second-order valence-corrected chi connectivity index (χ2v) is 9.29.